The standard InChI is InChI=1S/C14H12BrN3O3/c15-9-1-2-12(11(6-9)13(16)19)18-7-10-5-8(14(20)21)3-4-17-10/h1-6,18H,7H2,(H2,16,19)(H,20,21). The number of benzene rings is 1. The molecule has 0 saturated heterocycles. The van der Waals surface area contributed by atoms with Gasteiger partial charge < -0.3 is 16.2 Å². The highest BCUT2D eigenvalue weighted by atomic mass is 79.9. The molecule has 0 spiro atoms. The van der Waals surface area contributed by atoms with Gasteiger partial charge in [0.25, 0.3) is 5.91 Å². The molecule has 4 N–H and O–H groups in total. The second kappa shape index (κ2) is 6.36. The van der Waals surface area contributed by atoms with E-state index in [1.165, 1.54) is 18.3 Å². The van der Waals surface area contributed by atoms with Crippen molar-refractivity contribution in [3.8, 4) is 0 Å². The Morgan fingerprint density at radius 3 is 2.71 bits per heavy atom. The van der Waals surface area contributed by atoms with E-state index in [-0.39, 0.29) is 12.1 Å². The van der Waals surface area contributed by atoms with Crippen molar-refractivity contribution in [2.75, 3.05) is 5.32 Å². The van der Waals surface area contributed by atoms with Crippen molar-refractivity contribution in [2.24, 2.45) is 5.73 Å². The molecule has 0 bridgehead atoms. The molecular weight excluding hydrogens is 338 g/mol. The summed E-state index contributed by atoms with van der Waals surface area (Å²) in [7, 11) is 0. The number of pyridine rings is 1. The van der Waals surface area contributed by atoms with E-state index >= 15 is 0 Å². The lowest BCUT2D eigenvalue weighted by atomic mass is 10.1. The highest BCUT2D eigenvalue weighted by molar-refractivity contribution is 9.10. The summed E-state index contributed by atoms with van der Waals surface area (Å²) in [6, 6.07) is 7.99. The van der Waals surface area contributed by atoms with Crippen molar-refractivity contribution in [3.63, 3.8) is 0 Å². The van der Waals surface area contributed by atoms with Crippen LogP contribution in [0, 0.1) is 0 Å². The van der Waals surface area contributed by atoms with Crippen molar-refractivity contribution in [2.45, 2.75) is 6.54 Å². The summed E-state index contributed by atoms with van der Waals surface area (Å²) in [6.45, 7) is 0.281. The number of nitrogens with zero attached hydrogens (tertiary/aromatic N) is 1. The van der Waals surface area contributed by atoms with E-state index in [2.05, 4.69) is 26.2 Å². The molecule has 7 heteroatoms. The van der Waals surface area contributed by atoms with Gasteiger partial charge >= 0.3 is 5.97 Å². The number of hydrogen-bond acceptors (Lipinski definition) is 4. The van der Waals surface area contributed by atoms with Crippen molar-refractivity contribution in [1.29, 1.82) is 0 Å². The van der Waals surface area contributed by atoms with Gasteiger partial charge in [0.1, 0.15) is 0 Å². The van der Waals surface area contributed by atoms with Gasteiger partial charge in [-0.25, -0.2) is 4.79 Å². The largest absolute Gasteiger partial charge is 0.478 e. The number of anilines is 1. The number of carbonyl (C=O) groups excluding carboxylic acids is 1. The van der Waals surface area contributed by atoms with Gasteiger partial charge in [0.05, 0.1) is 23.4 Å². The van der Waals surface area contributed by atoms with Gasteiger partial charge in [-0.1, -0.05) is 15.9 Å². The van der Waals surface area contributed by atoms with Gasteiger partial charge in [0.2, 0.25) is 0 Å². The van der Waals surface area contributed by atoms with Crippen LogP contribution in [0.4, 0.5) is 5.69 Å². The number of nitrogens with one attached hydrogen (secondary N) is 1. The van der Waals surface area contributed by atoms with Crippen LogP contribution in [0.25, 0.3) is 0 Å². The van der Waals surface area contributed by atoms with Crippen LogP contribution in [0.2, 0.25) is 0 Å². The summed E-state index contributed by atoms with van der Waals surface area (Å²) in [5.74, 6) is -1.56. The first-order valence-electron chi connectivity index (χ1n) is 5.99. The van der Waals surface area contributed by atoms with Crippen LogP contribution in [-0.2, 0) is 6.54 Å². The first-order chi connectivity index (χ1) is 9.97. The van der Waals surface area contributed by atoms with Gasteiger partial charge in [-0.3, -0.25) is 9.78 Å². The predicted octanol–water partition coefficient (Wildman–Crippen LogP) is 2.25. The molecule has 1 heterocycles. The fourth-order valence-corrected chi connectivity index (χ4v) is 2.13. The topological polar surface area (TPSA) is 105 Å². The fraction of sp³-hybridized carbons (Fsp3) is 0.0714. The predicted molar refractivity (Wildman–Crippen MR) is 81.2 cm³/mol. The Bertz CT molecular complexity index is 704. The number of aromatic nitrogens is 1. The molecule has 0 saturated carbocycles. The quantitative estimate of drug-likeness (QED) is 0.767. The molecule has 0 aliphatic heterocycles. The minimum Gasteiger partial charge on any atom is -0.478 e. The number of carboxylic acids is 1. The highest BCUT2D eigenvalue weighted by Crippen LogP contribution is 2.21. The zero-order valence-corrected chi connectivity index (χ0v) is 12.4. The summed E-state index contributed by atoms with van der Waals surface area (Å²) in [6.07, 6.45) is 1.43. The number of nitrogens with two attached hydrogens (primary N) is 1. The molecule has 1 aromatic carbocycles. The lowest BCUT2D eigenvalue weighted by Crippen LogP contribution is -2.14. The van der Waals surface area contributed by atoms with Crippen LogP contribution < -0.4 is 11.1 Å². The third-order valence-corrected chi connectivity index (χ3v) is 3.26. The number of halogens is 1. The zero-order chi connectivity index (χ0) is 15.4. The smallest absolute Gasteiger partial charge is 0.335 e. The Morgan fingerprint density at radius 1 is 1.29 bits per heavy atom. The van der Waals surface area contributed by atoms with E-state index in [0.717, 1.165) is 4.47 Å². The molecule has 0 unspecified atom stereocenters. The number of hydrogen-bond donors (Lipinski definition) is 3. The lowest BCUT2D eigenvalue weighted by molar-refractivity contribution is 0.0696. The number of amides is 1. The van der Waals surface area contributed by atoms with E-state index < -0.39 is 11.9 Å². The van der Waals surface area contributed by atoms with E-state index in [1.54, 1.807) is 18.2 Å². The van der Waals surface area contributed by atoms with Crippen molar-refractivity contribution >= 4 is 33.5 Å². The van der Waals surface area contributed by atoms with Gasteiger partial charge in [-0.15, -0.1) is 0 Å². The molecule has 0 fully saturated rings. The Morgan fingerprint density at radius 2 is 2.05 bits per heavy atom. The van der Waals surface area contributed by atoms with E-state index in [9.17, 15) is 9.59 Å². The molecule has 0 atom stereocenters. The SMILES string of the molecule is NC(=O)c1cc(Br)ccc1NCc1cc(C(=O)O)ccn1. The second-order valence-corrected chi connectivity index (χ2v) is 5.16. The molecule has 0 aliphatic carbocycles. The van der Waals surface area contributed by atoms with Gasteiger partial charge in [-0.2, -0.15) is 0 Å². The van der Waals surface area contributed by atoms with E-state index in [4.69, 9.17) is 10.8 Å². The van der Waals surface area contributed by atoms with Crippen LogP contribution in [0.1, 0.15) is 26.4 Å². The summed E-state index contributed by atoms with van der Waals surface area (Å²) in [5, 5.41) is 12.0. The molecule has 21 heavy (non-hydrogen) atoms. The maximum Gasteiger partial charge on any atom is 0.335 e. The van der Waals surface area contributed by atoms with Crippen LogP contribution in [0.15, 0.2) is 41.0 Å². The molecule has 6 nitrogen and oxygen atoms in total. The number of primary amides is 1. The van der Waals surface area contributed by atoms with Crippen molar-refractivity contribution < 1.29 is 14.7 Å². The first-order valence-corrected chi connectivity index (χ1v) is 6.78. The maximum absolute atomic E-state index is 11.4. The molecule has 0 aliphatic rings. The normalized spacial score (nSPS) is 10.1. The zero-order valence-electron chi connectivity index (χ0n) is 10.8. The lowest BCUT2D eigenvalue weighted by Gasteiger charge is -2.10. The average molecular weight is 350 g/mol. The molecular formula is C14H12BrN3O3. The molecule has 2 rings (SSSR count). The third kappa shape index (κ3) is 3.79. The number of carbonyl (C=O) groups is 2. The molecule has 108 valence electrons. The Balaban J connectivity index is 2.18. The molecule has 1 amide bonds. The molecule has 0 radical (unpaired) electrons. The van der Waals surface area contributed by atoms with Gasteiger partial charge in [0.15, 0.2) is 0 Å². The third-order valence-electron chi connectivity index (χ3n) is 2.77. The minimum atomic E-state index is -1.01. The Labute approximate surface area is 129 Å². The summed E-state index contributed by atoms with van der Waals surface area (Å²) >= 11 is 3.27. The molecule has 1 aromatic heterocycles. The van der Waals surface area contributed by atoms with E-state index in [1.807, 2.05) is 0 Å². The maximum atomic E-state index is 11.4. The summed E-state index contributed by atoms with van der Waals surface area (Å²) in [5.41, 5.74) is 6.94. The Hall–Kier alpha value is -2.41. The number of aromatic carboxylic acids is 1. The monoisotopic (exact) mass is 349 g/mol. The Kier molecular flexibility index (Phi) is 4.54. The highest BCUT2D eigenvalue weighted by Gasteiger charge is 2.09. The summed E-state index contributed by atoms with van der Waals surface area (Å²) < 4.78 is 0.743. The second-order valence-electron chi connectivity index (χ2n) is 4.25. The number of rotatable bonds is 5. The number of carboxylic acid groups (broad SMARTS) is 1. The van der Waals surface area contributed by atoms with E-state index in [0.29, 0.717) is 16.9 Å². The van der Waals surface area contributed by atoms with Crippen LogP contribution in [0.3, 0.4) is 0 Å². The summed E-state index contributed by atoms with van der Waals surface area (Å²) in [4.78, 5) is 26.4. The minimum absolute atomic E-state index is 0.160. The van der Waals surface area contributed by atoms with Crippen LogP contribution in [-0.4, -0.2) is 22.0 Å². The average Bonchev–Trinajstić information content (AvgIpc) is 2.46. The van der Waals surface area contributed by atoms with Crippen molar-refractivity contribution in [3.05, 3.63) is 57.8 Å². The fourth-order valence-electron chi connectivity index (χ4n) is 1.77. The molecule has 2 aromatic rings. The van der Waals surface area contributed by atoms with Crippen LogP contribution in [0.5, 0.6) is 0 Å². The van der Waals surface area contributed by atoms with Crippen molar-refractivity contribution in [1.82, 2.24) is 4.98 Å². The van der Waals surface area contributed by atoms with Crippen LogP contribution >= 0.6 is 15.9 Å². The first kappa shape index (κ1) is 15.0. The van der Waals surface area contributed by atoms with Gasteiger partial charge in [-0.05, 0) is 30.3 Å². The van der Waals surface area contributed by atoms with Gasteiger partial charge in [0, 0.05) is 16.4 Å².